The number of hydrogen-bond acceptors (Lipinski definition) is 6. The van der Waals surface area contributed by atoms with Gasteiger partial charge in [0, 0.05) is 12.2 Å². The van der Waals surface area contributed by atoms with E-state index in [9.17, 15) is 27.6 Å². The Morgan fingerprint density at radius 3 is 2.39 bits per heavy atom. The molecule has 0 atom stereocenters. The lowest BCUT2D eigenvalue weighted by molar-refractivity contribution is -0.137. The highest BCUT2D eigenvalue weighted by Crippen LogP contribution is 2.39. The van der Waals surface area contributed by atoms with Gasteiger partial charge in [0.05, 0.1) is 34.6 Å². The summed E-state index contributed by atoms with van der Waals surface area (Å²) in [5, 5.41) is 11.8. The lowest BCUT2D eigenvalue weighted by Gasteiger charge is -2.27. The van der Waals surface area contributed by atoms with Gasteiger partial charge in [-0.15, -0.1) is 11.3 Å². The van der Waals surface area contributed by atoms with E-state index >= 15 is 0 Å². The number of alkyl halides is 3. The molecule has 1 N–H and O–H groups in total. The molecule has 1 aliphatic rings. The average molecular weight is 514 g/mol. The van der Waals surface area contributed by atoms with Crippen LogP contribution < -0.4 is 15.1 Å². The second-order valence-corrected chi connectivity index (χ2v) is 9.26. The second-order valence-electron chi connectivity index (χ2n) is 8.37. The van der Waals surface area contributed by atoms with Crippen LogP contribution in [0, 0.1) is 11.3 Å². The number of halogens is 3. The van der Waals surface area contributed by atoms with Gasteiger partial charge in [-0.05, 0) is 49.7 Å². The molecule has 2 aromatic carbocycles. The van der Waals surface area contributed by atoms with Gasteiger partial charge in [0.2, 0.25) is 0 Å². The van der Waals surface area contributed by atoms with E-state index in [2.05, 4.69) is 10.3 Å². The predicted molar refractivity (Wildman–Crippen MR) is 125 cm³/mol. The van der Waals surface area contributed by atoms with E-state index in [1.54, 1.807) is 29.8 Å². The van der Waals surface area contributed by atoms with E-state index in [-0.39, 0.29) is 18.1 Å². The summed E-state index contributed by atoms with van der Waals surface area (Å²) in [5.74, 6) is -0.995. The molecule has 0 unspecified atom stereocenters. The molecule has 184 valence electrons. The van der Waals surface area contributed by atoms with Gasteiger partial charge in [0.15, 0.2) is 0 Å². The Hall–Kier alpha value is -4.24. The van der Waals surface area contributed by atoms with Crippen LogP contribution in [0.5, 0.6) is 0 Å². The third-order valence-corrected chi connectivity index (χ3v) is 6.43. The summed E-state index contributed by atoms with van der Waals surface area (Å²) in [6, 6.07) is 9.86. The van der Waals surface area contributed by atoms with E-state index in [0.29, 0.717) is 21.5 Å². The topological polar surface area (TPSA) is 106 Å². The van der Waals surface area contributed by atoms with Gasteiger partial charge in [0.1, 0.15) is 10.4 Å². The fraction of sp³-hybridized carbons (Fsp3) is 0.208. The largest absolute Gasteiger partial charge is 0.417 e. The van der Waals surface area contributed by atoms with Crippen LogP contribution in [0.4, 0.5) is 29.3 Å². The second kappa shape index (κ2) is 9.09. The predicted octanol–water partition coefficient (Wildman–Crippen LogP) is 4.72. The van der Waals surface area contributed by atoms with Crippen molar-refractivity contribution in [1.29, 1.82) is 5.26 Å². The summed E-state index contributed by atoms with van der Waals surface area (Å²) in [7, 11) is 0. The summed E-state index contributed by atoms with van der Waals surface area (Å²) in [6.45, 7) is 3.19. The lowest BCUT2D eigenvalue weighted by atomic mass is 10.0. The first kappa shape index (κ1) is 24.9. The van der Waals surface area contributed by atoms with Gasteiger partial charge in [0.25, 0.3) is 11.8 Å². The van der Waals surface area contributed by atoms with Crippen molar-refractivity contribution in [2.75, 3.05) is 9.80 Å². The first-order valence-corrected chi connectivity index (χ1v) is 11.4. The van der Waals surface area contributed by atoms with Gasteiger partial charge >= 0.3 is 12.2 Å². The Labute approximate surface area is 207 Å². The van der Waals surface area contributed by atoms with Crippen molar-refractivity contribution in [3.8, 4) is 6.07 Å². The first-order valence-electron chi connectivity index (χ1n) is 10.5. The van der Waals surface area contributed by atoms with E-state index in [4.69, 9.17) is 5.26 Å². The molecular weight excluding hydrogens is 495 g/mol. The van der Waals surface area contributed by atoms with Crippen LogP contribution in [0.15, 0.2) is 54.2 Å². The minimum atomic E-state index is -4.84. The molecule has 3 aromatic rings. The highest BCUT2D eigenvalue weighted by atomic mass is 32.1. The monoisotopic (exact) mass is 513 g/mol. The number of carbonyl (C=O) groups excluding carboxylic acids is 3. The standard InChI is InChI=1S/C24H18F3N5O3S/c1-23(2)21(34)31(17-8-5-15(10-28)18(9-17)24(25,26)27)22(35)32(23)16-6-3-14(4-7-16)11-30-20(33)19-12-29-13-36-19/h3-9,12-13H,11H2,1-2H3,(H,30,33). The number of amides is 4. The van der Waals surface area contributed by atoms with Gasteiger partial charge in [-0.1, -0.05) is 12.1 Å². The number of rotatable bonds is 5. The molecule has 0 radical (unpaired) electrons. The maximum absolute atomic E-state index is 13.4. The molecule has 1 saturated heterocycles. The number of nitrogens with one attached hydrogen (secondary N) is 1. The lowest BCUT2D eigenvalue weighted by Crippen LogP contribution is -2.44. The zero-order valence-corrected chi connectivity index (χ0v) is 19.8. The van der Waals surface area contributed by atoms with Gasteiger partial charge in [-0.25, -0.2) is 9.69 Å². The fourth-order valence-electron chi connectivity index (χ4n) is 3.82. The first-order chi connectivity index (χ1) is 16.9. The number of anilines is 2. The summed E-state index contributed by atoms with van der Waals surface area (Å²) in [4.78, 5) is 44.7. The van der Waals surface area contributed by atoms with Crippen molar-refractivity contribution >= 4 is 40.6 Å². The SMILES string of the molecule is CC1(C)C(=O)N(c2ccc(C#N)c(C(F)(F)F)c2)C(=O)N1c1ccc(CNC(=O)c2cncs2)cc1. The molecule has 0 bridgehead atoms. The van der Waals surface area contributed by atoms with Crippen LogP contribution in [0.2, 0.25) is 0 Å². The minimum absolute atomic E-state index is 0.213. The van der Waals surface area contributed by atoms with Crippen molar-refractivity contribution < 1.29 is 27.6 Å². The summed E-state index contributed by atoms with van der Waals surface area (Å²) >= 11 is 1.21. The van der Waals surface area contributed by atoms with E-state index < -0.39 is 34.8 Å². The minimum Gasteiger partial charge on any atom is -0.347 e. The highest BCUT2D eigenvalue weighted by Gasteiger charge is 2.53. The van der Waals surface area contributed by atoms with Crippen LogP contribution in [-0.2, 0) is 17.5 Å². The average Bonchev–Trinajstić information content (AvgIpc) is 3.43. The van der Waals surface area contributed by atoms with Crippen LogP contribution >= 0.6 is 11.3 Å². The molecule has 4 rings (SSSR count). The number of benzene rings is 2. The van der Waals surface area contributed by atoms with Crippen molar-refractivity contribution in [3.63, 3.8) is 0 Å². The Bertz CT molecular complexity index is 1380. The quantitative estimate of drug-likeness (QED) is 0.497. The molecule has 36 heavy (non-hydrogen) atoms. The maximum Gasteiger partial charge on any atom is 0.417 e. The molecule has 12 heteroatoms. The number of imide groups is 1. The molecule has 1 aliphatic heterocycles. The van der Waals surface area contributed by atoms with Gasteiger partial charge < -0.3 is 5.32 Å². The molecule has 8 nitrogen and oxygen atoms in total. The van der Waals surface area contributed by atoms with Crippen molar-refractivity contribution in [3.05, 3.63) is 75.7 Å². The van der Waals surface area contributed by atoms with Crippen molar-refractivity contribution in [2.45, 2.75) is 32.1 Å². The summed E-state index contributed by atoms with van der Waals surface area (Å²) in [6.07, 6.45) is -3.38. The Kier molecular flexibility index (Phi) is 6.28. The molecule has 1 aromatic heterocycles. The molecule has 2 heterocycles. The summed E-state index contributed by atoms with van der Waals surface area (Å²) < 4.78 is 40.3. The molecule has 4 amide bonds. The Morgan fingerprint density at radius 2 is 1.81 bits per heavy atom. The number of thiazole rings is 1. The molecule has 0 spiro atoms. The normalized spacial score (nSPS) is 15.2. The Balaban J connectivity index is 1.59. The number of nitriles is 1. The number of hydrogen-bond donors (Lipinski definition) is 1. The van der Waals surface area contributed by atoms with Gasteiger partial charge in [-0.3, -0.25) is 19.5 Å². The van der Waals surface area contributed by atoms with E-state index in [1.807, 2.05) is 0 Å². The van der Waals surface area contributed by atoms with Crippen molar-refractivity contribution in [2.24, 2.45) is 0 Å². The zero-order valence-electron chi connectivity index (χ0n) is 19.0. The molecule has 0 saturated carbocycles. The molecule has 0 aliphatic carbocycles. The number of urea groups is 1. The fourth-order valence-corrected chi connectivity index (χ4v) is 4.36. The molecule has 1 fully saturated rings. The van der Waals surface area contributed by atoms with Crippen LogP contribution in [0.25, 0.3) is 0 Å². The van der Waals surface area contributed by atoms with Crippen LogP contribution in [0.1, 0.15) is 40.2 Å². The third kappa shape index (κ3) is 4.40. The highest BCUT2D eigenvalue weighted by molar-refractivity contribution is 7.11. The smallest absolute Gasteiger partial charge is 0.347 e. The van der Waals surface area contributed by atoms with E-state index in [0.717, 1.165) is 17.7 Å². The van der Waals surface area contributed by atoms with Gasteiger partial charge in [-0.2, -0.15) is 18.4 Å². The number of aromatic nitrogens is 1. The number of carbonyl (C=O) groups is 3. The van der Waals surface area contributed by atoms with E-state index in [1.165, 1.54) is 42.4 Å². The van der Waals surface area contributed by atoms with Crippen LogP contribution in [0.3, 0.4) is 0 Å². The van der Waals surface area contributed by atoms with Crippen molar-refractivity contribution in [1.82, 2.24) is 10.3 Å². The van der Waals surface area contributed by atoms with Crippen LogP contribution in [-0.4, -0.2) is 28.4 Å². The third-order valence-electron chi connectivity index (χ3n) is 5.66. The zero-order chi connectivity index (χ0) is 26.3. The summed E-state index contributed by atoms with van der Waals surface area (Å²) in [5.41, 5.74) is -0.900. The maximum atomic E-state index is 13.4. The Morgan fingerprint density at radius 1 is 1.14 bits per heavy atom. The molecular formula is C24H18F3N5O3S. The number of nitrogens with zero attached hydrogens (tertiary/aromatic N) is 4.